The molecule has 19 heavy (non-hydrogen) atoms. The number of carbonyl (C=O) groups is 2. The summed E-state index contributed by atoms with van der Waals surface area (Å²) in [6, 6.07) is -0.924. The van der Waals surface area contributed by atoms with Crippen LogP contribution in [0.15, 0.2) is 23.9 Å². The maximum atomic E-state index is 12.5. The van der Waals surface area contributed by atoms with Crippen molar-refractivity contribution in [1.82, 2.24) is 9.80 Å². The molecular formula is C14H19FN2O2. The molecule has 1 atom stereocenters. The summed E-state index contributed by atoms with van der Waals surface area (Å²) in [6.45, 7) is 2.93. The first-order valence-corrected chi connectivity index (χ1v) is 6.65. The van der Waals surface area contributed by atoms with Crippen molar-refractivity contribution in [3.63, 3.8) is 0 Å². The van der Waals surface area contributed by atoms with E-state index in [0.29, 0.717) is 0 Å². The second kappa shape index (κ2) is 5.55. The number of hydrogen-bond acceptors (Lipinski definition) is 2. The van der Waals surface area contributed by atoms with Gasteiger partial charge >= 0.3 is 6.03 Å². The average Bonchev–Trinajstić information content (AvgIpc) is 2.64. The minimum Gasteiger partial charge on any atom is -0.282 e. The van der Waals surface area contributed by atoms with Gasteiger partial charge in [0.15, 0.2) is 0 Å². The number of alkyl halides is 1. The Hall–Kier alpha value is -1.65. The lowest BCUT2D eigenvalue weighted by atomic mass is 10.0. The Morgan fingerprint density at radius 2 is 2.11 bits per heavy atom. The Balaban J connectivity index is 2.33. The van der Waals surface area contributed by atoms with Crippen LogP contribution in [0.3, 0.4) is 0 Å². The highest BCUT2D eigenvalue weighted by molar-refractivity contribution is 6.05. The van der Waals surface area contributed by atoms with Crippen LogP contribution in [0.25, 0.3) is 0 Å². The van der Waals surface area contributed by atoms with Crippen LogP contribution < -0.4 is 0 Å². The van der Waals surface area contributed by atoms with Crippen LogP contribution in [0.1, 0.15) is 26.7 Å². The molecule has 0 spiro atoms. The molecule has 4 nitrogen and oxygen atoms in total. The minimum atomic E-state index is -0.703. The molecule has 0 aromatic rings. The largest absolute Gasteiger partial charge is 0.332 e. The Bertz CT molecular complexity index is 443. The smallest absolute Gasteiger partial charge is 0.282 e. The zero-order valence-corrected chi connectivity index (χ0v) is 11.3. The van der Waals surface area contributed by atoms with Crippen LogP contribution in [0.2, 0.25) is 0 Å². The summed E-state index contributed by atoms with van der Waals surface area (Å²) < 4.78 is 12.5. The maximum Gasteiger partial charge on any atom is 0.332 e. The highest BCUT2D eigenvalue weighted by Crippen LogP contribution is 2.29. The molecule has 0 radical (unpaired) electrons. The first-order valence-electron chi connectivity index (χ1n) is 6.65. The van der Waals surface area contributed by atoms with Gasteiger partial charge in [0.05, 0.1) is 6.54 Å². The molecule has 1 aliphatic heterocycles. The standard InChI is InChI=1S/C14H19FN2O2/c1-10(2)12-13(18)16(9-8-15)14(19)17(12)11-6-4-3-5-7-11/h4,6-7,10,12H,3,5,8-9H2,1-2H3. The summed E-state index contributed by atoms with van der Waals surface area (Å²) in [6.07, 6.45) is 7.61. The lowest BCUT2D eigenvalue weighted by Crippen LogP contribution is -2.38. The van der Waals surface area contributed by atoms with Gasteiger partial charge in [-0.15, -0.1) is 0 Å². The van der Waals surface area contributed by atoms with Gasteiger partial charge in [0.1, 0.15) is 12.7 Å². The molecule has 5 heteroatoms. The van der Waals surface area contributed by atoms with Gasteiger partial charge in [0, 0.05) is 5.70 Å². The summed E-state index contributed by atoms with van der Waals surface area (Å²) in [5.74, 6) is -0.296. The normalized spacial score (nSPS) is 23.6. The Labute approximate surface area is 112 Å². The Morgan fingerprint density at radius 1 is 1.37 bits per heavy atom. The first-order chi connectivity index (χ1) is 9.07. The number of hydrogen-bond donors (Lipinski definition) is 0. The van der Waals surface area contributed by atoms with Crippen LogP contribution in [-0.4, -0.2) is 41.0 Å². The third-order valence-electron chi connectivity index (χ3n) is 3.43. The summed E-state index contributed by atoms with van der Waals surface area (Å²) in [4.78, 5) is 27.1. The third-order valence-corrected chi connectivity index (χ3v) is 3.43. The molecule has 0 N–H and O–H groups in total. The number of imide groups is 1. The number of amides is 3. The predicted octanol–water partition coefficient (Wildman–Crippen LogP) is 2.48. The quantitative estimate of drug-likeness (QED) is 0.733. The van der Waals surface area contributed by atoms with Crippen LogP contribution >= 0.6 is 0 Å². The maximum absolute atomic E-state index is 12.5. The van der Waals surface area contributed by atoms with Gasteiger partial charge in [-0.05, 0) is 24.8 Å². The van der Waals surface area contributed by atoms with E-state index in [0.717, 1.165) is 23.4 Å². The van der Waals surface area contributed by atoms with Crippen LogP contribution in [-0.2, 0) is 4.79 Å². The van der Waals surface area contributed by atoms with E-state index in [1.165, 1.54) is 4.90 Å². The van der Waals surface area contributed by atoms with E-state index in [-0.39, 0.29) is 18.4 Å². The van der Waals surface area contributed by atoms with Crippen molar-refractivity contribution < 1.29 is 14.0 Å². The molecule has 1 saturated heterocycles. The van der Waals surface area contributed by atoms with Crippen molar-refractivity contribution in [3.8, 4) is 0 Å². The van der Waals surface area contributed by atoms with E-state index in [1.807, 2.05) is 32.1 Å². The van der Waals surface area contributed by atoms with Crippen molar-refractivity contribution in [1.29, 1.82) is 0 Å². The molecule has 0 aromatic carbocycles. The zero-order valence-electron chi connectivity index (χ0n) is 11.3. The molecule has 1 aliphatic carbocycles. The van der Waals surface area contributed by atoms with Crippen molar-refractivity contribution in [2.45, 2.75) is 32.7 Å². The topological polar surface area (TPSA) is 40.6 Å². The van der Waals surface area contributed by atoms with E-state index in [4.69, 9.17) is 0 Å². The molecule has 0 bridgehead atoms. The summed E-state index contributed by atoms with van der Waals surface area (Å²) in [5.41, 5.74) is 0.754. The van der Waals surface area contributed by atoms with E-state index in [2.05, 4.69) is 0 Å². The summed E-state index contributed by atoms with van der Waals surface area (Å²) >= 11 is 0. The van der Waals surface area contributed by atoms with E-state index in [9.17, 15) is 14.0 Å². The minimum absolute atomic E-state index is 0.00251. The van der Waals surface area contributed by atoms with Crippen LogP contribution in [0.4, 0.5) is 9.18 Å². The molecule has 104 valence electrons. The van der Waals surface area contributed by atoms with E-state index >= 15 is 0 Å². The van der Waals surface area contributed by atoms with Crippen molar-refractivity contribution in [2.75, 3.05) is 13.2 Å². The SMILES string of the molecule is CC(C)C1C(=O)N(CCF)C(=O)N1C1=CCCC=C1. The highest BCUT2D eigenvalue weighted by atomic mass is 19.1. The number of carbonyl (C=O) groups excluding carboxylic acids is 2. The molecule has 3 amide bonds. The molecule has 2 rings (SSSR count). The molecule has 1 heterocycles. The van der Waals surface area contributed by atoms with Gasteiger partial charge in [-0.2, -0.15) is 0 Å². The number of rotatable bonds is 4. The molecule has 1 unspecified atom stereocenters. The van der Waals surface area contributed by atoms with Gasteiger partial charge in [0.2, 0.25) is 0 Å². The van der Waals surface area contributed by atoms with Gasteiger partial charge in [-0.3, -0.25) is 14.6 Å². The van der Waals surface area contributed by atoms with Crippen molar-refractivity contribution in [2.24, 2.45) is 5.92 Å². The lowest BCUT2D eigenvalue weighted by Gasteiger charge is -2.26. The Morgan fingerprint density at radius 3 is 2.63 bits per heavy atom. The Kier molecular flexibility index (Phi) is 4.02. The molecule has 1 fully saturated rings. The summed E-state index contributed by atoms with van der Waals surface area (Å²) in [7, 11) is 0. The fourth-order valence-corrected chi connectivity index (χ4v) is 2.54. The van der Waals surface area contributed by atoms with Gasteiger partial charge in [-0.25, -0.2) is 9.18 Å². The van der Waals surface area contributed by atoms with Crippen molar-refractivity contribution >= 4 is 11.9 Å². The fourth-order valence-electron chi connectivity index (χ4n) is 2.54. The van der Waals surface area contributed by atoms with Gasteiger partial charge in [0.25, 0.3) is 5.91 Å². The highest BCUT2D eigenvalue weighted by Gasteiger charge is 2.47. The van der Waals surface area contributed by atoms with E-state index in [1.54, 1.807) is 0 Å². The van der Waals surface area contributed by atoms with Gasteiger partial charge in [-0.1, -0.05) is 26.0 Å². The molecule has 0 saturated carbocycles. The van der Waals surface area contributed by atoms with Crippen molar-refractivity contribution in [3.05, 3.63) is 23.9 Å². The molecule has 0 aromatic heterocycles. The fraction of sp³-hybridized carbons (Fsp3) is 0.571. The number of nitrogens with zero attached hydrogens (tertiary/aromatic N) is 2. The zero-order chi connectivity index (χ0) is 14.0. The number of allylic oxidation sites excluding steroid dienone is 3. The second-order valence-corrected chi connectivity index (χ2v) is 5.13. The molecular weight excluding hydrogens is 247 g/mol. The number of urea groups is 1. The number of halogens is 1. The lowest BCUT2D eigenvalue weighted by molar-refractivity contribution is -0.129. The predicted molar refractivity (Wildman–Crippen MR) is 70.0 cm³/mol. The monoisotopic (exact) mass is 266 g/mol. The molecule has 2 aliphatic rings. The van der Waals surface area contributed by atoms with Crippen LogP contribution in [0.5, 0.6) is 0 Å². The third kappa shape index (κ3) is 2.41. The van der Waals surface area contributed by atoms with Gasteiger partial charge < -0.3 is 0 Å². The second-order valence-electron chi connectivity index (χ2n) is 5.13. The van der Waals surface area contributed by atoms with Crippen LogP contribution in [0, 0.1) is 5.92 Å². The summed E-state index contributed by atoms with van der Waals surface area (Å²) in [5, 5.41) is 0. The average molecular weight is 266 g/mol. The first kappa shape index (κ1) is 13.8. The van der Waals surface area contributed by atoms with E-state index < -0.39 is 18.7 Å².